The van der Waals surface area contributed by atoms with Crippen molar-refractivity contribution in [3.8, 4) is 5.75 Å². The van der Waals surface area contributed by atoms with Gasteiger partial charge < -0.3 is 10.1 Å². The topological polar surface area (TPSA) is 38.3 Å². The van der Waals surface area contributed by atoms with E-state index in [0.29, 0.717) is 53.1 Å². The summed E-state index contributed by atoms with van der Waals surface area (Å²) in [5.41, 5.74) is 0.504. The van der Waals surface area contributed by atoms with Crippen LogP contribution < -0.4 is 10.1 Å². The summed E-state index contributed by atoms with van der Waals surface area (Å²) < 4.78 is 19.2. The highest BCUT2D eigenvalue weighted by Gasteiger charge is 2.07. The van der Waals surface area contributed by atoms with Gasteiger partial charge in [0, 0.05) is 40.1 Å². The van der Waals surface area contributed by atoms with Crippen LogP contribution in [0.25, 0.3) is 0 Å². The summed E-state index contributed by atoms with van der Waals surface area (Å²) >= 11 is 13.3. The Balaban J connectivity index is 1.53. The zero-order valence-corrected chi connectivity index (χ0v) is 16.5. The minimum absolute atomic E-state index is 0.0192. The number of nitrogens with one attached hydrogen (secondary N) is 1. The summed E-state index contributed by atoms with van der Waals surface area (Å²) in [7, 11) is 0. The molecule has 1 amide bonds. The summed E-state index contributed by atoms with van der Waals surface area (Å²) in [6, 6.07) is 11.8. The van der Waals surface area contributed by atoms with E-state index in [2.05, 4.69) is 5.32 Å². The van der Waals surface area contributed by atoms with Crippen LogP contribution in [0.3, 0.4) is 0 Å². The number of ether oxygens (including phenoxy) is 1. The molecule has 0 aliphatic heterocycles. The van der Waals surface area contributed by atoms with Gasteiger partial charge in [-0.05, 0) is 42.8 Å². The molecule has 0 atom stereocenters. The lowest BCUT2D eigenvalue weighted by molar-refractivity contribution is -0.121. The second-order valence-corrected chi connectivity index (χ2v) is 7.46. The van der Waals surface area contributed by atoms with Gasteiger partial charge in [-0.15, -0.1) is 0 Å². The Morgan fingerprint density at radius 2 is 1.92 bits per heavy atom. The molecule has 3 nitrogen and oxygen atoms in total. The van der Waals surface area contributed by atoms with E-state index in [1.54, 1.807) is 36.4 Å². The predicted octanol–water partition coefficient (Wildman–Crippen LogP) is 5.34. The van der Waals surface area contributed by atoms with Crippen molar-refractivity contribution in [2.75, 3.05) is 18.9 Å². The molecule has 0 unspecified atom stereocenters. The highest BCUT2D eigenvalue weighted by Crippen LogP contribution is 2.23. The molecule has 0 saturated carbocycles. The van der Waals surface area contributed by atoms with Gasteiger partial charge in [0.05, 0.1) is 6.61 Å². The molecule has 140 valence electrons. The largest absolute Gasteiger partial charge is 0.494 e. The maximum absolute atomic E-state index is 13.6. The highest BCUT2D eigenvalue weighted by atomic mass is 35.5. The Hall–Kier alpha value is -1.43. The molecule has 0 saturated heterocycles. The fourth-order valence-electron chi connectivity index (χ4n) is 2.15. The van der Waals surface area contributed by atoms with E-state index in [1.807, 2.05) is 0 Å². The van der Waals surface area contributed by atoms with Crippen LogP contribution in [-0.4, -0.2) is 24.8 Å². The van der Waals surface area contributed by atoms with Crippen LogP contribution in [0.5, 0.6) is 5.75 Å². The summed E-state index contributed by atoms with van der Waals surface area (Å²) in [4.78, 5) is 11.8. The van der Waals surface area contributed by atoms with Crippen LogP contribution in [0.1, 0.15) is 18.4 Å². The number of benzene rings is 2. The van der Waals surface area contributed by atoms with Gasteiger partial charge in [0.2, 0.25) is 5.91 Å². The van der Waals surface area contributed by atoms with Crippen molar-refractivity contribution in [2.45, 2.75) is 18.6 Å². The summed E-state index contributed by atoms with van der Waals surface area (Å²) in [6.07, 6.45) is 1.03. The van der Waals surface area contributed by atoms with E-state index in [-0.39, 0.29) is 11.7 Å². The fraction of sp³-hybridized carbons (Fsp3) is 0.316. The van der Waals surface area contributed by atoms with E-state index in [0.717, 1.165) is 5.75 Å². The first-order valence-electron chi connectivity index (χ1n) is 8.22. The second-order valence-electron chi connectivity index (χ2n) is 5.51. The molecular weight excluding hydrogens is 396 g/mol. The Morgan fingerprint density at radius 3 is 2.65 bits per heavy atom. The lowest BCUT2D eigenvalue weighted by Gasteiger charge is -2.08. The summed E-state index contributed by atoms with van der Waals surface area (Å²) in [5, 5.41) is 3.94. The van der Waals surface area contributed by atoms with Gasteiger partial charge in [-0.3, -0.25) is 4.79 Å². The third-order valence-corrected chi connectivity index (χ3v) is 5.10. The quantitative estimate of drug-likeness (QED) is 0.532. The third kappa shape index (κ3) is 7.44. The average molecular weight is 416 g/mol. The van der Waals surface area contributed by atoms with Crippen molar-refractivity contribution in [1.29, 1.82) is 0 Å². The second kappa shape index (κ2) is 11.3. The number of carbonyl (C=O) groups excluding carboxylic acids is 1. The molecule has 0 aromatic heterocycles. The van der Waals surface area contributed by atoms with Gasteiger partial charge in [-0.2, -0.15) is 11.8 Å². The molecule has 0 fully saturated rings. The monoisotopic (exact) mass is 415 g/mol. The molecule has 0 heterocycles. The van der Waals surface area contributed by atoms with Crippen molar-refractivity contribution < 1.29 is 13.9 Å². The average Bonchev–Trinajstić information content (AvgIpc) is 2.62. The minimum atomic E-state index is -0.297. The van der Waals surface area contributed by atoms with Crippen molar-refractivity contribution in [2.24, 2.45) is 0 Å². The molecule has 0 aliphatic rings. The van der Waals surface area contributed by atoms with Crippen molar-refractivity contribution >= 4 is 40.9 Å². The molecule has 7 heteroatoms. The molecule has 2 aromatic rings. The number of rotatable bonds is 10. The molecular formula is C19H20Cl2FNO2S. The first-order chi connectivity index (χ1) is 12.6. The third-order valence-electron chi connectivity index (χ3n) is 3.51. The normalized spacial score (nSPS) is 10.6. The van der Waals surface area contributed by atoms with Gasteiger partial charge in [-0.1, -0.05) is 29.3 Å². The molecule has 0 aliphatic carbocycles. The van der Waals surface area contributed by atoms with Crippen LogP contribution in [0, 0.1) is 5.82 Å². The molecule has 1 N–H and O–H groups in total. The zero-order valence-electron chi connectivity index (χ0n) is 14.1. The lowest BCUT2D eigenvalue weighted by atomic mass is 10.2. The standard InChI is InChI=1S/C19H20Cl2FNO2S/c20-14-6-8-15(9-7-14)25-11-2-5-19(24)23-10-12-26-13-16-17(21)3-1-4-18(16)22/h1,3-4,6-9H,2,5,10-13H2,(H,23,24). The first-order valence-corrected chi connectivity index (χ1v) is 10.1. The van der Waals surface area contributed by atoms with Crippen molar-refractivity contribution in [1.82, 2.24) is 5.32 Å². The minimum Gasteiger partial charge on any atom is -0.494 e. The summed E-state index contributed by atoms with van der Waals surface area (Å²) in [5.74, 6) is 1.59. The molecule has 26 heavy (non-hydrogen) atoms. The van der Waals surface area contributed by atoms with Gasteiger partial charge in [0.1, 0.15) is 11.6 Å². The van der Waals surface area contributed by atoms with Gasteiger partial charge >= 0.3 is 0 Å². The van der Waals surface area contributed by atoms with Gasteiger partial charge in [0.15, 0.2) is 0 Å². The number of halogens is 3. The van der Waals surface area contributed by atoms with E-state index >= 15 is 0 Å². The van der Waals surface area contributed by atoms with Crippen LogP contribution in [0.4, 0.5) is 4.39 Å². The number of amides is 1. The molecule has 0 spiro atoms. The number of thioether (sulfide) groups is 1. The van der Waals surface area contributed by atoms with Crippen LogP contribution in [0.15, 0.2) is 42.5 Å². The van der Waals surface area contributed by atoms with Gasteiger partial charge in [-0.25, -0.2) is 4.39 Å². The number of hydrogen-bond donors (Lipinski definition) is 1. The molecule has 0 radical (unpaired) electrons. The highest BCUT2D eigenvalue weighted by molar-refractivity contribution is 7.98. The predicted molar refractivity (Wildman–Crippen MR) is 107 cm³/mol. The van der Waals surface area contributed by atoms with Crippen molar-refractivity contribution in [3.05, 3.63) is 63.9 Å². The molecule has 0 bridgehead atoms. The Kier molecular flexibility index (Phi) is 9.09. The maximum Gasteiger partial charge on any atom is 0.220 e. The lowest BCUT2D eigenvalue weighted by Crippen LogP contribution is -2.25. The Labute approximate surface area is 167 Å². The van der Waals surface area contributed by atoms with Crippen LogP contribution in [0.2, 0.25) is 10.0 Å². The first kappa shape index (κ1) is 20.9. The van der Waals surface area contributed by atoms with Crippen LogP contribution >= 0.6 is 35.0 Å². The Morgan fingerprint density at radius 1 is 1.15 bits per heavy atom. The van der Waals surface area contributed by atoms with Crippen molar-refractivity contribution in [3.63, 3.8) is 0 Å². The maximum atomic E-state index is 13.6. The van der Waals surface area contributed by atoms with E-state index < -0.39 is 0 Å². The van der Waals surface area contributed by atoms with Crippen LogP contribution in [-0.2, 0) is 10.5 Å². The molecule has 2 rings (SSSR count). The SMILES string of the molecule is O=C(CCCOc1ccc(Cl)cc1)NCCSCc1c(F)cccc1Cl. The number of carbonyl (C=O) groups is 1. The van der Waals surface area contributed by atoms with E-state index in [9.17, 15) is 9.18 Å². The van der Waals surface area contributed by atoms with Gasteiger partial charge in [0.25, 0.3) is 0 Å². The smallest absolute Gasteiger partial charge is 0.220 e. The summed E-state index contributed by atoms with van der Waals surface area (Å²) in [6.45, 7) is 1.00. The zero-order chi connectivity index (χ0) is 18.8. The number of hydrogen-bond acceptors (Lipinski definition) is 3. The van der Waals surface area contributed by atoms with E-state index in [1.165, 1.54) is 17.8 Å². The fourth-order valence-corrected chi connectivity index (χ4v) is 3.47. The Bertz CT molecular complexity index is 693. The molecule has 2 aromatic carbocycles. The van der Waals surface area contributed by atoms with E-state index in [4.69, 9.17) is 27.9 Å².